The quantitative estimate of drug-likeness (QED) is 0.807. The van der Waals surface area contributed by atoms with Gasteiger partial charge in [0.05, 0.1) is 12.0 Å². The topological polar surface area (TPSA) is 109 Å². The molecule has 4 N–H and O–H groups in total. The molecule has 0 aliphatic heterocycles. The maximum absolute atomic E-state index is 11.3. The SMILES string of the molecule is Nc1c(OCc2ccco2)cccc1S(N)(=O)=O. The number of sulfonamides is 1. The van der Waals surface area contributed by atoms with E-state index in [0.29, 0.717) is 5.76 Å². The second-order valence-corrected chi connectivity index (χ2v) is 5.11. The number of ether oxygens (including phenoxy) is 1. The van der Waals surface area contributed by atoms with Crippen molar-refractivity contribution in [3.63, 3.8) is 0 Å². The highest BCUT2D eigenvalue weighted by Gasteiger charge is 2.15. The molecule has 2 rings (SSSR count). The Morgan fingerprint density at radius 1 is 1.22 bits per heavy atom. The normalized spacial score (nSPS) is 11.4. The Morgan fingerprint density at radius 2 is 2.00 bits per heavy atom. The predicted octanol–water partition coefficient (Wildman–Crippen LogP) is 1.09. The average molecular weight is 268 g/mol. The third kappa shape index (κ3) is 2.63. The van der Waals surface area contributed by atoms with Crippen molar-refractivity contribution in [3.8, 4) is 5.75 Å². The molecule has 0 bridgehead atoms. The highest BCUT2D eigenvalue weighted by atomic mass is 32.2. The molecule has 6 nitrogen and oxygen atoms in total. The van der Waals surface area contributed by atoms with E-state index in [1.807, 2.05) is 0 Å². The molecule has 1 heterocycles. The van der Waals surface area contributed by atoms with Crippen LogP contribution in [-0.4, -0.2) is 8.42 Å². The lowest BCUT2D eigenvalue weighted by Crippen LogP contribution is -2.14. The molecule has 0 amide bonds. The van der Waals surface area contributed by atoms with Gasteiger partial charge < -0.3 is 14.9 Å². The fourth-order valence-electron chi connectivity index (χ4n) is 1.44. The van der Waals surface area contributed by atoms with Crippen LogP contribution in [0.1, 0.15) is 5.76 Å². The highest BCUT2D eigenvalue weighted by Crippen LogP contribution is 2.28. The van der Waals surface area contributed by atoms with Crippen LogP contribution in [0.2, 0.25) is 0 Å². The lowest BCUT2D eigenvalue weighted by Gasteiger charge is -2.10. The van der Waals surface area contributed by atoms with E-state index in [2.05, 4.69) is 0 Å². The summed E-state index contributed by atoms with van der Waals surface area (Å²) in [6.07, 6.45) is 1.52. The Bertz CT molecular complexity index is 635. The van der Waals surface area contributed by atoms with Gasteiger partial charge in [0.1, 0.15) is 23.0 Å². The van der Waals surface area contributed by atoms with E-state index in [4.69, 9.17) is 20.0 Å². The van der Waals surface area contributed by atoms with Gasteiger partial charge in [-0.2, -0.15) is 0 Å². The Hall–Kier alpha value is -1.99. The van der Waals surface area contributed by atoms with E-state index in [1.165, 1.54) is 18.4 Å². The van der Waals surface area contributed by atoms with Crippen LogP contribution in [-0.2, 0) is 16.6 Å². The fraction of sp³-hybridized carbons (Fsp3) is 0.0909. The molecule has 18 heavy (non-hydrogen) atoms. The van der Waals surface area contributed by atoms with Crippen molar-refractivity contribution >= 4 is 15.7 Å². The van der Waals surface area contributed by atoms with Crippen molar-refractivity contribution in [2.24, 2.45) is 5.14 Å². The van der Waals surface area contributed by atoms with Crippen LogP contribution in [0.25, 0.3) is 0 Å². The van der Waals surface area contributed by atoms with E-state index in [-0.39, 0.29) is 22.9 Å². The number of hydrogen-bond donors (Lipinski definition) is 2. The van der Waals surface area contributed by atoms with E-state index in [1.54, 1.807) is 18.2 Å². The number of anilines is 1. The van der Waals surface area contributed by atoms with E-state index < -0.39 is 10.0 Å². The molecule has 0 aliphatic rings. The van der Waals surface area contributed by atoms with Crippen molar-refractivity contribution < 1.29 is 17.6 Å². The monoisotopic (exact) mass is 268 g/mol. The molecule has 0 aliphatic carbocycles. The molecule has 2 aromatic rings. The molecular weight excluding hydrogens is 256 g/mol. The molecule has 1 aromatic carbocycles. The van der Waals surface area contributed by atoms with E-state index in [0.717, 1.165) is 0 Å². The Kier molecular flexibility index (Phi) is 3.26. The summed E-state index contributed by atoms with van der Waals surface area (Å²) in [5.41, 5.74) is 5.69. The third-order valence-corrected chi connectivity index (χ3v) is 3.25. The second kappa shape index (κ2) is 4.71. The minimum atomic E-state index is -3.86. The van der Waals surface area contributed by atoms with Gasteiger partial charge in [0.15, 0.2) is 0 Å². The van der Waals surface area contributed by atoms with Crippen molar-refractivity contribution in [3.05, 3.63) is 42.4 Å². The number of nitrogens with two attached hydrogens (primary N) is 2. The van der Waals surface area contributed by atoms with Gasteiger partial charge in [-0.05, 0) is 24.3 Å². The number of benzene rings is 1. The van der Waals surface area contributed by atoms with Crippen LogP contribution >= 0.6 is 0 Å². The maximum atomic E-state index is 11.3. The lowest BCUT2D eigenvalue weighted by atomic mass is 10.3. The number of furan rings is 1. The zero-order valence-electron chi connectivity index (χ0n) is 9.37. The predicted molar refractivity (Wildman–Crippen MR) is 65.3 cm³/mol. The van der Waals surface area contributed by atoms with Crippen molar-refractivity contribution in [2.45, 2.75) is 11.5 Å². The number of para-hydroxylation sites is 1. The Morgan fingerprint density at radius 3 is 2.61 bits per heavy atom. The van der Waals surface area contributed by atoms with Crippen LogP contribution in [0.5, 0.6) is 5.75 Å². The number of hydrogen-bond acceptors (Lipinski definition) is 5. The molecule has 96 valence electrons. The number of primary sulfonamides is 1. The van der Waals surface area contributed by atoms with Crippen LogP contribution < -0.4 is 15.6 Å². The maximum Gasteiger partial charge on any atom is 0.240 e. The van der Waals surface area contributed by atoms with Crippen LogP contribution in [0.15, 0.2) is 45.9 Å². The highest BCUT2D eigenvalue weighted by molar-refractivity contribution is 7.89. The fourth-order valence-corrected chi connectivity index (χ4v) is 2.12. The third-order valence-electron chi connectivity index (χ3n) is 2.28. The summed E-state index contributed by atoms with van der Waals surface area (Å²) < 4.78 is 33.0. The van der Waals surface area contributed by atoms with Gasteiger partial charge >= 0.3 is 0 Å². The van der Waals surface area contributed by atoms with Crippen LogP contribution in [0, 0.1) is 0 Å². The molecule has 0 spiro atoms. The molecule has 0 saturated carbocycles. The molecule has 7 heteroatoms. The second-order valence-electron chi connectivity index (χ2n) is 3.58. The first-order chi connectivity index (χ1) is 8.48. The zero-order valence-corrected chi connectivity index (χ0v) is 10.2. The first kappa shape index (κ1) is 12.5. The summed E-state index contributed by atoms with van der Waals surface area (Å²) in [5.74, 6) is 0.855. The molecule has 0 saturated heterocycles. The molecule has 0 atom stereocenters. The molecular formula is C11H12N2O4S. The van der Waals surface area contributed by atoms with E-state index in [9.17, 15) is 8.42 Å². The van der Waals surface area contributed by atoms with Crippen molar-refractivity contribution in [1.82, 2.24) is 0 Å². The Labute approximate surface area is 104 Å². The first-order valence-electron chi connectivity index (χ1n) is 5.05. The standard InChI is InChI=1S/C11H12N2O4S/c12-11-9(17-7-8-3-2-6-16-8)4-1-5-10(11)18(13,14)15/h1-6H,7,12H2,(H2,13,14,15). The van der Waals surface area contributed by atoms with Gasteiger partial charge in [0, 0.05) is 0 Å². The smallest absolute Gasteiger partial charge is 0.240 e. The van der Waals surface area contributed by atoms with Crippen LogP contribution in [0.3, 0.4) is 0 Å². The summed E-state index contributed by atoms with van der Waals surface area (Å²) >= 11 is 0. The molecule has 0 radical (unpaired) electrons. The van der Waals surface area contributed by atoms with Gasteiger partial charge in [-0.25, -0.2) is 13.6 Å². The minimum Gasteiger partial charge on any atom is -0.483 e. The van der Waals surface area contributed by atoms with Gasteiger partial charge in [-0.1, -0.05) is 6.07 Å². The van der Waals surface area contributed by atoms with Gasteiger partial charge in [0.25, 0.3) is 0 Å². The zero-order chi connectivity index (χ0) is 13.2. The summed E-state index contributed by atoms with van der Waals surface area (Å²) in [6.45, 7) is 0.158. The first-order valence-corrected chi connectivity index (χ1v) is 6.59. The number of nitrogen functional groups attached to an aromatic ring is 1. The van der Waals surface area contributed by atoms with Crippen molar-refractivity contribution in [2.75, 3.05) is 5.73 Å². The Balaban J connectivity index is 2.24. The summed E-state index contributed by atoms with van der Waals surface area (Å²) in [7, 11) is -3.86. The molecule has 1 aromatic heterocycles. The molecule has 0 unspecified atom stereocenters. The molecule has 0 fully saturated rings. The number of rotatable bonds is 4. The lowest BCUT2D eigenvalue weighted by molar-refractivity contribution is 0.271. The summed E-state index contributed by atoms with van der Waals surface area (Å²) in [5, 5.41) is 5.04. The van der Waals surface area contributed by atoms with Gasteiger partial charge in [-0.15, -0.1) is 0 Å². The largest absolute Gasteiger partial charge is 0.483 e. The van der Waals surface area contributed by atoms with Gasteiger partial charge in [0.2, 0.25) is 10.0 Å². The average Bonchev–Trinajstić information content (AvgIpc) is 2.79. The summed E-state index contributed by atoms with van der Waals surface area (Å²) in [4.78, 5) is -0.153. The van der Waals surface area contributed by atoms with E-state index >= 15 is 0 Å². The summed E-state index contributed by atoms with van der Waals surface area (Å²) in [6, 6.07) is 7.85. The minimum absolute atomic E-state index is 0.00782. The van der Waals surface area contributed by atoms with Gasteiger partial charge in [-0.3, -0.25) is 0 Å². The van der Waals surface area contributed by atoms with Crippen LogP contribution in [0.4, 0.5) is 5.69 Å². The van der Waals surface area contributed by atoms with Crippen molar-refractivity contribution in [1.29, 1.82) is 0 Å².